The Hall–Kier alpha value is -2.99. The molecule has 5 rings (SSSR count). The highest BCUT2D eigenvalue weighted by atomic mass is 32.1. The standard InChI is InChI=1S/C25H25N3O2S/c29-23(16-20-11-7-15-31-20)28(19-10-6-14-26-17-19)24-21-12-4-5-13-22(21)27(25(24)30)18-8-2-1-3-9-18/h4-7,10-15,17-18,24H,1-3,8-9,16H2. The summed E-state index contributed by atoms with van der Waals surface area (Å²) < 4.78 is 0. The van der Waals surface area contributed by atoms with E-state index in [-0.39, 0.29) is 24.3 Å². The van der Waals surface area contributed by atoms with Crippen LogP contribution in [0.1, 0.15) is 48.6 Å². The number of fused-ring (bicyclic) bond motifs is 1. The SMILES string of the molecule is O=C1C(N(C(=O)Cc2cccs2)c2cccnc2)c2ccccc2N1C1CCCCC1. The molecule has 0 saturated heterocycles. The lowest BCUT2D eigenvalue weighted by atomic mass is 9.94. The zero-order valence-electron chi connectivity index (χ0n) is 17.3. The van der Waals surface area contributed by atoms with E-state index in [2.05, 4.69) is 4.98 Å². The zero-order valence-corrected chi connectivity index (χ0v) is 18.1. The molecule has 1 aliphatic carbocycles. The Bertz CT molecular complexity index is 1060. The first kappa shape index (κ1) is 19.9. The molecular weight excluding hydrogens is 406 g/mol. The molecule has 6 heteroatoms. The van der Waals surface area contributed by atoms with Crippen LogP contribution in [0.5, 0.6) is 0 Å². The molecule has 1 fully saturated rings. The second kappa shape index (κ2) is 8.63. The number of hydrogen-bond acceptors (Lipinski definition) is 4. The molecule has 3 heterocycles. The number of carbonyl (C=O) groups is 2. The molecule has 0 bridgehead atoms. The van der Waals surface area contributed by atoms with E-state index in [0.29, 0.717) is 5.69 Å². The van der Waals surface area contributed by atoms with Crippen LogP contribution in [0.25, 0.3) is 0 Å². The molecule has 0 N–H and O–H groups in total. The Morgan fingerprint density at radius 2 is 1.90 bits per heavy atom. The zero-order chi connectivity index (χ0) is 21.2. The lowest BCUT2D eigenvalue weighted by Gasteiger charge is -2.33. The summed E-state index contributed by atoms with van der Waals surface area (Å²) in [4.78, 5) is 36.3. The van der Waals surface area contributed by atoms with Gasteiger partial charge in [0.1, 0.15) is 6.04 Å². The van der Waals surface area contributed by atoms with Crippen LogP contribution in [-0.2, 0) is 16.0 Å². The summed E-state index contributed by atoms with van der Waals surface area (Å²) in [5.41, 5.74) is 2.51. The van der Waals surface area contributed by atoms with E-state index in [1.54, 1.807) is 28.6 Å². The summed E-state index contributed by atoms with van der Waals surface area (Å²) in [6.45, 7) is 0. The Morgan fingerprint density at radius 3 is 2.65 bits per heavy atom. The molecule has 31 heavy (non-hydrogen) atoms. The molecule has 1 aliphatic heterocycles. The van der Waals surface area contributed by atoms with Gasteiger partial charge in [0.05, 0.1) is 18.3 Å². The third kappa shape index (κ3) is 3.76. The monoisotopic (exact) mass is 431 g/mol. The van der Waals surface area contributed by atoms with Gasteiger partial charge in [-0.1, -0.05) is 43.5 Å². The van der Waals surface area contributed by atoms with Gasteiger partial charge >= 0.3 is 0 Å². The van der Waals surface area contributed by atoms with Gasteiger partial charge in [-0.15, -0.1) is 11.3 Å². The van der Waals surface area contributed by atoms with Gasteiger partial charge in [-0.05, 0) is 42.5 Å². The number of para-hydroxylation sites is 1. The lowest BCUT2D eigenvalue weighted by molar-refractivity contribution is -0.124. The average Bonchev–Trinajstić information content (AvgIpc) is 3.42. The van der Waals surface area contributed by atoms with Crippen molar-refractivity contribution in [3.05, 3.63) is 76.7 Å². The molecule has 2 aromatic heterocycles. The van der Waals surface area contributed by atoms with E-state index >= 15 is 0 Å². The summed E-state index contributed by atoms with van der Waals surface area (Å²) >= 11 is 1.56. The Labute approximate surface area is 186 Å². The third-order valence-electron chi connectivity index (χ3n) is 6.26. The maximum Gasteiger partial charge on any atom is 0.255 e. The molecule has 0 spiro atoms. The molecule has 1 aromatic carbocycles. The Balaban J connectivity index is 1.56. The van der Waals surface area contributed by atoms with Crippen LogP contribution in [0, 0.1) is 0 Å². The average molecular weight is 432 g/mol. The minimum absolute atomic E-state index is 0.00326. The van der Waals surface area contributed by atoms with E-state index in [9.17, 15) is 9.59 Å². The predicted molar refractivity (Wildman–Crippen MR) is 123 cm³/mol. The summed E-state index contributed by atoms with van der Waals surface area (Å²) in [6, 6.07) is 15.1. The molecule has 3 aromatic rings. The highest BCUT2D eigenvalue weighted by molar-refractivity contribution is 7.10. The van der Waals surface area contributed by atoms with Gasteiger partial charge in [-0.25, -0.2) is 0 Å². The summed E-state index contributed by atoms with van der Waals surface area (Å²) in [7, 11) is 0. The van der Waals surface area contributed by atoms with Gasteiger partial charge in [0.15, 0.2) is 0 Å². The number of pyridine rings is 1. The Morgan fingerprint density at radius 1 is 1.06 bits per heavy atom. The maximum atomic E-state index is 13.9. The normalized spacial score (nSPS) is 18.8. The highest BCUT2D eigenvalue weighted by Gasteiger charge is 2.45. The molecule has 1 saturated carbocycles. The number of benzene rings is 1. The lowest BCUT2D eigenvalue weighted by Crippen LogP contribution is -2.45. The van der Waals surface area contributed by atoms with E-state index < -0.39 is 6.04 Å². The number of rotatable bonds is 5. The van der Waals surface area contributed by atoms with Crippen LogP contribution in [0.2, 0.25) is 0 Å². The first-order chi connectivity index (χ1) is 15.2. The van der Waals surface area contributed by atoms with Crippen LogP contribution < -0.4 is 9.80 Å². The molecule has 158 valence electrons. The summed E-state index contributed by atoms with van der Waals surface area (Å²) in [5.74, 6) is -0.0921. The van der Waals surface area contributed by atoms with Crippen molar-refractivity contribution in [2.24, 2.45) is 0 Å². The van der Waals surface area contributed by atoms with E-state index in [0.717, 1.165) is 41.8 Å². The van der Waals surface area contributed by atoms with Gasteiger partial charge in [0.25, 0.3) is 5.91 Å². The van der Waals surface area contributed by atoms with Crippen LogP contribution in [0.4, 0.5) is 11.4 Å². The fraction of sp³-hybridized carbons (Fsp3) is 0.320. The van der Waals surface area contributed by atoms with Crippen molar-refractivity contribution in [1.29, 1.82) is 0 Å². The van der Waals surface area contributed by atoms with Crippen molar-refractivity contribution in [3.63, 3.8) is 0 Å². The van der Waals surface area contributed by atoms with Crippen LogP contribution in [-0.4, -0.2) is 22.8 Å². The van der Waals surface area contributed by atoms with Crippen molar-refractivity contribution in [3.8, 4) is 0 Å². The Kier molecular flexibility index (Phi) is 5.55. The second-order valence-corrected chi connectivity index (χ2v) is 9.22. The number of amides is 2. The molecule has 2 aliphatic rings. The number of hydrogen-bond donors (Lipinski definition) is 0. The molecule has 1 unspecified atom stereocenters. The van der Waals surface area contributed by atoms with E-state index in [4.69, 9.17) is 0 Å². The molecule has 5 nitrogen and oxygen atoms in total. The van der Waals surface area contributed by atoms with Gasteiger partial charge in [-0.3, -0.25) is 19.5 Å². The van der Waals surface area contributed by atoms with Crippen molar-refractivity contribution >= 4 is 34.5 Å². The molecular formula is C25H25N3O2S. The van der Waals surface area contributed by atoms with Crippen LogP contribution >= 0.6 is 11.3 Å². The number of carbonyl (C=O) groups excluding carboxylic acids is 2. The van der Waals surface area contributed by atoms with Gasteiger partial charge in [0, 0.05) is 28.4 Å². The van der Waals surface area contributed by atoms with Gasteiger partial charge < -0.3 is 4.90 Å². The smallest absolute Gasteiger partial charge is 0.255 e. The fourth-order valence-electron chi connectivity index (χ4n) is 4.87. The van der Waals surface area contributed by atoms with E-state index in [1.807, 2.05) is 58.8 Å². The van der Waals surface area contributed by atoms with Crippen molar-refractivity contribution < 1.29 is 9.59 Å². The summed E-state index contributed by atoms with van der Waals surface area (Å²) in [6.07, 6.45) is 9.17. The molecule has 2 amide bonds. The van der Waals surface area contributed by atoms with Crippen LogP contribution in [0.15, 0.2) is 66.3 Å². The van der Waals surface area contributed by atoms with Gasteiger partial charge in [-0.2, -0.15) is 0 Å². The quantitative estimate of drug-likeness (QED) is 0.562. The highest BCUT2D eigenvalue weighted by Crippen LogP contribution is 2.44. The fourth-order valence-corrected chi connectivity index (χ4v) is 5.56. The van der Waals surface area contributed by atoms with Crippen molar-refractivity contribution in [2.75, 3.05) is 9.80 Å². The maximum absolute atomic E-state index is 13.9. The van der Waals surface area contributed by atoms with Crippen LogP contribution in [0.3, 0.4) is 0 Å². The van der Waals surface area contributed by atoms with Crippen molar-refractivity contribution in [2.45, 2.75) is 50.6 Å². The van der Waals surface area contributed by atoms with E-state index in [1.165, 1.54) is 6.42 Å². The topological polar surface area (TPSA) is 53.5 Å². The first-order valence-electron chi connectivity index (χ1n) is 10.9. The number of anilines is 2. The number of thiophene rings is 1. The minimum Gasteiger partial charge on any atom is -0.307 e. The predicted octanol–water partition coefficient (Wildman–Crippen LogP) is 5.14. The second-order valence-electron chi connectivity index (χ2n) is 8.19. The third-order valence-corrected chi connectivity index (χ3v) is 7.14. The molecule has 1 atom stereocenters. The largest absolute Gasteiger partial charge is 0.307 e. The number of aromatic nitrogens is 1. The van der Waals surface area contributed by atoms with Gasteiger partial charge in [0.2, 0.25) is 5.91 Å². The molecule has 0 radical (unpaired) electrons. The van der Waals surface area contributed by atoms with Crippen molar-refractivity contribution in [1.82, 2.24) is 4.98 Å². The summed E-state index contributed by atoms with van der Waals surface area (Å²) in [5, 5.41) is 1.97. The number of nitrogens with zero attached hydrogens (tertiary/aromatic N) is 3. The minimum atomic E-state index is -0.658. The first-order valence-corrected chi connectivity index (χ1v) is 11.8.